The zero-order valence-electron chi connectivity index (χ0n) is 6.54. The van der Waals surface area contributed by atoms with Gasteiger partial charge in [-0.25, -0.2) is 0 Å². The fourth-order valence-corrected chi connectivity index (χ4v) is 0.949. The van der Waals surface area contributed by atoms with E-state index < -0.39 is 0 Å². The molecule has 0 bridgehead atoms. The van der Waals surface area contributed by atoms with Crippen LogP contribution in [0.25, 0.3) is 0 Å². The number of rotatable bonds is 3. The van der Waals surface area contributed by atoms with Crippen LogP contribution in [0, 0.1) is 0 Å². The van der Waals surface area contributed by atoms with Gasteiger partial charge in [-0.2, -0.15) is 4.34 Å². The van der Waals surface area contributed by atoms with Crippen LogP contribution in [0.3, 0.4) is 0 Å². The Morgan fingerprint density at radius 1 is 1.45 bits per heavy atom. The summed E-state index contributed by atoms with van der Waals surface area (Å²) in [7, 11) is 4.44. The lowest BCUT2D eigenvalue weighted by Gasteiger charge is -1.99. The molecule has 1 unspecified atom stereocenters. The summed E-state index contributed by atoms with van der Waals surface area (Å²) in [6, 6.07) is 4.13. The molecule has 0 saturated heterocycles. The molecule has 0 amide bonds. The highest BCUT2D eigenvalue weighted by Gasteiger charge is 1.93. The van der Waals surface area contributed by atoms with E-state index in [4.69, 9.17) is 0 Å². The summed E-state index contributed by atoms with van der Waals surface area (Å²) in [5.74, 6) is 0. The van der Waals surface area contributed by atoms with E-state index in [-0.39, 0.29) is 0 Å². The van der Waals surface area contributed by atoms with Crippen LogP contribution >= 0.6 is 9.39 Å². The molecule has 60 valence electrons. The van der Waals surface area contributed by atoms with Gasteiger partial charge in [0.15, 0.2) is 21.8 Å². The van der Waals surface area contributed by atoms with Crippen LogP contribution in [-0.2, 0) is 6.54 Å². The van der Waals surface area contributed by atoms with Gasteiger partial charge in [0.1, 0.15) is 0 Å². The molecule has 11 heavy (non-hydrogen) atoms. The average Bonchev–Trinajstić information content (AvgIpc) is 2.04. The van der Waals surface area contributed by atoms with Crippen molar-refractivity contribution < 1.29 is 4.34 Å². The first kappa shape index (κ1) is 8.60. The zero-order chi connectivity index (χ0) is 8.10. The molecule has 1 atom stereocenters. The fraction of sp³-hybridized carbons (Fsp3) is 0.286. The Hall–Kier alpha value is -0.500. The summed E-state index contributed by atoms with van der Waals surface area (Å²) in [5.41, 5.74) is 7.15. The van der Waals surface area contributed by atoms with Gasteiger partial charge in [0.05, 0.1) is 0 Å². The van der Waals surface area contributed by atoms with Gasteiger partial charge >= 0.3 is 0 Å². The third-order valence-electron chi connectivity index (χ3n) is 1.39. The number of pyridine rings is 1. The maximum absolute atomic E-state index is 3.02. The number of aromatic nitrogens is 1. The quantitative estimate of drug-likeness (QED) is 0.487. The van der Waals surface area contributed by atoms with E-state index in [1.165, 1.54) is 5.56 Å². The Morgan fingerprint density at radius 2 is 2.09 bits per heavy atom. The molecule has 1 rings (SSSR count). The molecule has 0 aliphatic heterocycles. The topological polar surface area (TPSA) is 27.9 Å². The number of hydrogen-bond acceptors (Lipinski definition) is 2. The van der Waals surface area contributed by atoms with Gasteiger partial charge in [-0.05, 0) is 12.6 Å². The Morgan fingerprint density at radius 3 is 2.64 bits per heavy atom. The molecule has 0 aromatic carbocycles. The molecule has 1 aromatic heterocycles. The van der Waals surface area contributed by atoms with Gasteiger partial charge in [0.25, 0.3) is 0 Å². The average molecular weight is 170 g/mol. The van der Waals surface area contributed by atoms with Crippen LogP contribution in [0.4, 0.5) is 0 Å². The molecule has 0 fully saturated rings. The third kappa shape index (κ3) is 2.93. The monoisotopic (exact) mass is 170 g/mol. The molecule has 3 nitrogen and oxygen atoms in total. The van der Waals surface area contributed by atoms with Crippen molar-refractivity contribution in [2.24, 2.45) is 0 Å². The van der Waals surface area contributed by atoms with Crippen LogP contribution < -0.4 is 15.2 Å². The summed E-state index contributed by atoms with van der Waals surface area (Å²) in [5, 5.41) is 0. The third-order valence-corrected chi connectivity index (χ3v) is 1.74. The van der Waals surface area contributed by atoms with Crippen molar-refractivity contribution in [1.82, 2.24) is 10.9 Å². The molecule has 1 heterocycles. The number of hydrogen-bond donors (Lipinski definition) is 2. The van der Waals surface area contributed by atoms with Crippen molar-refractivity contribution in [3.63, 3.8) is 0 Å². The van der Waals surface area contributed by atoms with Crippen LogP contribution in [0.1, 0.15) is 5.56 Å². The normalized spacial score (nSPS) is 10.0. The molecule has 0 radical (unpaired) electrons. The second-order valence-electron chi connectivity index (χ2n) is 2.26. The number of hydrazine groups is 1. The first-order chi connectivity index (χ1) is 5.33. The zero-order valence-corrected chi connectivity index (χ0v) is 7.70. The Balaban J connectivity index is 2.52. The van der Waals surface area contributed by atoms with Gasteiger partial charge in [0.2, 0.25) is 0 Å². The lowest BCUT2D eigenvalue weighted by atomic mass is 10.3. The van der Waals surface area contributed by atoms with Crippen LogP contribution in [0.2, 0.25) is 0 Å². The summed E-state index contributed by atoms with van der Waals surface area (Å²) < 4.78 is 1.93. The second-order valence-corrected chi connectivity index (χ2v) is 2.85. The molecular weight excluding hydrogens is 157 g/mol. The minimum atomic E-state index is 0.849. The Bertz CT molecular complexity index is 209. The fourth-order valence-electron chi connectivity index (χ4n) is 0.777. The van der Waals surface area contributed by atoms with Crippen molar-refractivity contribution in [1.29, 1.82) is 0 Å². The molecule has 0 spiro atoms. The summed E-state index contributed by atoms with van der Waals surface area (Å²) >= 11 is 0. The highest BCUT2D eigenvalue weighted by molar-refractivity contribution is 7.07. The van der Waals surface area contributed by atoms with E-state index in [1.54, 1.807) is 0 Å². The predicted octanol–water partition coefficient (Wildman–Crippen LogP) is -0.164. The molecule has 0 aliphatic carbocycles. The first-order valence-electron chi connectivity index (χ1n) is 3.48. The maximum atomic E-state index is 3.02. The van der Waals surface area contributed by atoms with Crippen molar-refractivity contribution in [3.8, 4) is 0 Å². The first-order valence-corrected chi connectivity index (χ1v) is 3.99. The molecular formula is C7H13N3P+. The minimum Gasteiger partial charge on any atom is -0.261 e. The van der Waals surface area contributed by atoms with E-state index >= 15 is 0 Å². The van der Waals surface area contributed by atoms with Crippen LogP contribution in [0.15, 0.2) is 24.5 Å². The van der Waals surface area contributed by atoms with Gasteiger partial charge < -0.3 is 0 Å². The molecule has 1 aromatic rings. The van der Waals surface area contributed by atoms with E-state index in [9.17, 15) is 0 Å². The highest BCUT2D eigenvalue weighted by atomic mass is 31.0. The lowest BCUT2D eigenvalue weighted by molar-refractivity contribution is -0.499. The van der Waals surface area contributed by atoms with Crippen LogP contribution in [-0.4, -0.2) is 7.05 Å². The van der Waals surface area contributed by atoms with E-state index in [1.807, 2.05) is 23.8 Å². The van der Waals surface area contributed by atoms with E-state index in [0.29, 0.717) is 0 Å². The van der Waals surface area contributed by atoms with Gasteiger partial charge in [-0.3, -0.25) is 10.9 Å². The maximum Gasteiger partial charge on any atom is 0.169 e. The number of nitrogens with zero attached hydrogens (tertiary/aromatic N) is 1. The largest absolute Gasteiger partial charge is 0.261 e. The van der Waals surface area contributed by atoms with Gasteiger partial charge in [-0.1, -0.05) is 0 Å². The van der Waals surface area contributed by atoms with Crippen molar-refractivity contribution in [2.75, 3.05) is 7.05 Å². The Labute approximate surface area is 69.0 Å². The van der Waals surface area contributed by atoms with E-state index in [0.717, 1.165) is 6.54 Å². The predicted molar refractivity (Wildman–Crippen MR) is 47.6 cm³/mol. The smallest absolute Gasteiger partial charge is 0.169 e. The molecule has 4 heteroatoms. The molecule has 0 aliphatic rings. The van der Waals surface area contributed by atoms with Crippen LogP contribution in [0.5, 0.6) is 0 Å². The minimum absolute atomic E-state index is 0.849. The van der Waals surface area contributed by atoms with E-state index in [2.05, 4.69) is 32.4 Å². The molecule has 0 saturated carbocycles. The summed E-state index contributed by atoms with van der Waals surface area (Å²) in [4.78, 5) is 0. The molecule has 2 N–H and O–H groups in total. The van der Waals surface area contributed by atoms with Gasteiger partial charge in [0, 0.05) is 18.7 Å². The van der Waals surface area contributed by atoms with Crippen molar-refractivity contribution >= 4 is 9.39 Å². The lowest BCUT2D eigenvalue weighted by Crippen LogP contribution is -2.27. The summed E-state index contributed by atoms with van der Waals surface area (Å²) in [6.07, 6.45) is 3.99. The van der Waals surface area contributed by atoms with Crippen molar-refractivity contribution in [3.05, 3.63) is 30.1 Å². The summed E-state index contributed by atoms with van der Waals surface area (Å²) in [6.45, 7) is 0.849. The SMILES string of the molecule is CNNCc1cc[n+](P)cc1. The highest BCUT2D eigenvalue weighted by Crippen LogP contribution is 1.93. The standard InChI is InChI=1S/C7H13N3P/c1-8-9-6-7-2-4-10(11)5-3-7/h2-5,8-9H,6,11H2,1H3/q+1. The second kappa shape index (κ2) is 4.39. The Kier molecular flexibility index (Phi) is 3.43. The van der Waals surface area contributed by atoms with Crippen molar-refractivity contribution in [2.45, 2.75) is 6.54 Å². The number of nitrogens with one attached hydrogen (secondary N) is 2. The van der Waals surface area contributed by atoms with Gasteiger partial charge in [-0.15, -0.1) is 0 Å².